The van der Waals surface area contributed by atoms with Gasteiger partial charge in [-0.25, -0.2) is 24.8 Å². The van der Waals surface area contributed by atoms with Gasteiger partial charge in [-0.1, -0.05) is 17.7 Å². The SMILES string of the molecule is CC(C)(C)OC(=O)N[C@H]1C[C@H]2CC[C@@H](C1)N2c1cnc2c(-c3ccc4nn(C5COC5)cc4c3Cl)cn(COCCS(C)(C)C)c2n1. The van der Waals surface area contributed by atoms with E-state index in [4.69, 9.17) is 40.9 Å². The van der Waals surface area contributed by atoms with Crippen LogP contribution in [0.15, 0.2) is 30.7 Å². The lowest BCUT2D eigenvalue weighted by atomic mass is 9.97. The highest BCUT2D eigenvalue weighted by atomic mass is 35.5. The van der Waals surface area contributed by atoms with Crippen molar-refractivity contribution in [1.29, 1.82) is 0 Å². The number of carbonyl (C=O) groups is 1. The molecule has 2 bridgehead atoms. The summed E-state index contributed by atoms with van der Waals surface area (Å²) >= 11 is 7.11. The van der Waals surface area contributed by atoms with Crippen molar-refractivity contribution in [2.24, 2.45) is 0 Å². The average molecular weight is 684 g/mol. The van der Waals surface area contributed by atoms with Crippen LogP contribution < -0.4 is 10.2 Å². The van der Waals surface area contributed by atoms with Gasteiger partial charge < -0.3 is 29.0 Å². The van der Waals surface area contributed by atoms with Crippen molar-refractivity contribution in [3.05, 3.63) is 35.7 Å². The van der Waals surface area contributed by atoms with Crippen LogP contribution in [0.5, 0.6) is 0 Å². The van der Waals surface area contributed by atoms with Crippen LogP contribution in [0.4, 0.5) is 10.6 Å². The topological polar surface area (TPSA) is 109 Å². The van der Waals surface area contributed by atoms with Crippen molar-refractivity contribution in [2.45, 2.75) is 83.0 Å². The maximum Gasteiger partial charge on any atom is 0.407 e. The first-order valence-electron chi connectivity index (χ1n) is 16.5. The highest BCUT2D eigenvalue weighted by molar-refractivity contribution is 8.32. The molecular weight excluding hydrogens is 638 g/mol. The molecule has 0 unspecified atom stereocenters. The molecule has 4 aromatic rings. The summed E-state index contributed by atoms with van der Waals surface area (Å²) in [5, 5.41) is 9.42. The molecule has 1 aromatic carbocycles. The van der Waals surface area contributed by atoms with E-state index in [-0.39, 0.29) is 30.3 Å². The van der Waals surface area contributed by atoms with Gasteiger partial charge in [0.05, 0.1) is 42.6 Å². The second-order valence-corrected chi connectivity index (χ2v) is 20.0. The van der Waals surface area contributed by atoms with Gasteiger partial charge in [0.1, 0.15) is 23.7 Å². The molecule has 13 heteroatoms. The number of halogens is 1. The maximum atomic E-state index is 12.5. The molecule has 6 heterocycles. The molecule has 0 spiro atoms. The summed E-state index contributed by atoms with van der Waals surface area (Å²) in [4.78, 5) is 25.2. The van der Waals surface area contributed by atoms with Crippen molar-refractivity contribution in [3.63, 3.8) is 0 Å². The number of rotatable bonds is 9. The molecule has 47 heavy (non-hydrogen) atoms. The number of hydrogen-bond acceptors (Lipinski definition) is 8. The fourth-order valence-corrected chi connectivity index (χ4v) is 7.85. The molecule has 1 amide bonds. The second kappa shape index (κ2) is 12.4. The van der Waals surface area contributed by atoms with Gasteiger partial charge in [0.25, 0.3) is 0 Å². The summed E-state index contributed by atoms with van der Waals surface area (Å²) in [5.41, 5.74) is 3.70. The van der Waals surface area contributed by atoms with Crippen molar-refractivity contribution in [2.75, 3.05) is 49.2 Å². The summed E-state index contributed by atoms with van der Waals surface area (Å²) < 4.78 is 21.2. The number of aromatic nitrogens is 5. The summed E-state index contributed by atoms with van der Waals surface area (Å²) in [6, 6.07) is 4.90. The zero-order valence-electron chi connectivity index (χ0n) is 28.2. The molecule has 11 nitrogen and oxygen atoms in total. The van der Waals surface area contributed by atoms with Gasteiger partial charge in [0.15, 0.2) is 5.65 Å². The number of alkyl carbamates (subject to hydrolysis) is 1. The van der Waals surface area contributed by atoms with E-state index in [0.29, 0.717) is 31.6 Å². The van der Waals surface area contributed by atoms with Crippen LogP contribution in [-0.4, -0.2) is 98.5 Å². The van der Waals surface area contributed by atoms with E-state index in [2.05, 4.69) is 39.7 Å². The minimum atomic E-state index is -0.671. The predicted octanol–water partition coefficient (Wildman–Crippen LogP) is 6.37. The van der Waals surface area contributed by atoms with Gasteiger partial charge in [0.2, 0.25) is 0 Å². The molecule has 3 atom stereocenters. The number of ether oxygens (including phenoxy) is 3. The average Bonchev–Trinajstić information content (AvgIpc) is 3.61. The van der Waals surface area contributed by atoms with E-state index in [1.807, 2.05) is 50.0 Å². The number of benzene rings is 1. The van der Waals surface area contributed by atoms with E-state index >= 15 is 0 Å². The Hall–Kier alpha value is -3.06. The number of nitrogens with zero attached hydrogens (tertiary/aromatic N) is 6. The van der Waals surface area contributed by atoms with Gasteiger partial charge in [-0.3, -0.25) is 4.68 Å². The van der Waals surface area contributed by atoms with Gasteiger partial charge in [0, 0.05) is 52.8 Å². The molecule has 0 aliphatic carbocycles. The van der Waals surface area contributed by atoms with E-state index < -0.39 is 15.6 Å². The summed E-state index contributed by atoms with van der Waals surface area (Å²) in [5.74, 6) is 1.89. The number of nitrogens with one attached hydrogen (secondary N) is 1. The first-order chi connectivity index (χ1) is 22.3. The van der Waals surface area contributed by atoms with E-state index in [9.17, 15) is 4.79 Å². The third kappa shape index (κ3) is 6.79. The number of anilines is 1. The smallest absolute Gasteiger partial charge is 0.407 e. The molecule has 0 saturated carbocycles. The highest BCUT2D eigenvalue weighted by Gasteiger charge is 2.42. The van der Waals surface area contributed by atoms with Crippen molar-refractivity contribution >= 4 is 55.6 Å². The first kappa shape index (κ1) is 32.5. The molecule has 7 rings (SSSR count). The molecule has 3 fully saturated rings. The van der Waals surface area contributed by atoms with E-state index in [1.165, 1.54) is 0 Å². The minimum Gasteiger partial charge on any atom is -0.444 e. The second-order valence-electron chi connectivity index (χ2n) is 15.0. The molecule has 0 radical (unpaired) electrons. The molecule has 254 valence electrons. The Morgan fingerprint density at radius 1 is 1.09 bits per heavy atom. The fraction of sp³-hybridized carbons (Fsp3) is 0.588. The molecule has 3 aliphatic rings. The summed E-state index contributed by atoms with van der Waals surface area (Å²) in [6.07, 6.45) is 16.3. The number of piperidine rings is 1. The number of carbonyl (C=O) groups excluding carboxylic acids is 1. The van der Waals surface area contributed by atoms with Crippen LogP contribution >= 0.6 is 21.6 Å². The lowest BCUT2D eigenvalue weighted by molar-refractivity contribution is -0.0283. The van der Waals surface area contributed by atoms with Crippen molar-refractivity contribution in [1.82, 2.24) is 29.6 Å². The lowest BCUT2D eigenvalue weighted by Crippen LogP contribution is -2.51. The number of amides is 1. The number of fused-ring (bicyclic) bond motifs is 4. The first-order valence-corrected chi connectivity index (χ1v) is 19.9. The van der Waals surface area contributed by atoms with Crippen LogP contribution in [0.1, 0.15) is 52.5 Å². The zero-order chi connectivity index (χ0) is 33.1. The Morgan fingerprint density at radius 3 is 2.49 bits per heavy atom. The standard InChI is InChI=1S/C34H46ClN7O4S/c1-34(2,3)46-33(43)37-21-13-22-7-8-23(14-21)42(22)29-15-36-31-26(16-40(32(31)38-29)20-44-11-12-47(4,5)6)25-9-10-28-27(30(25)35)17-41(39-28)24-18-45-19-24/h9-10,15-17,21-24H,7-8,11-14,18-20H2,1-6H3,(H,37,43)/t21-,22+,23-. The largest absolute Gasteiger partial charge is 0.444 e. The van der Waals surface area contributed by atoms with Gasteiger partial charge in [-0.2, -0.15) is 5.10 Å². The van der Waals surface area contributed by atoms with Crippen LogP contribution in [0, 0.1) is 0 Å². The molecule has 3 aliphatic heterocycles. The van der Waals surface area contributed by atoms with Crippen molar-refractivity contribution < 1.29 is 19.0 Å². The van der Waals surface area contributed by atoms with Crippen LogP contribution in [0.25, 0.3) is 33.2 Å². The van der Waals surface area contributed by atoms with Gasteiger partial charge in [-0.05, 0) is 71.3 Å². The fourth-order valence-electron chi connectivity index (χ4n) is 6.92. The third-order valence-electron chi connectivity index (χ3n) is 9.27. The van der Waals surface area contributed by atoms with E-state index in [1.54, 1.807) is 0 Å². The Kier molecular flexibility index (Phi) is 8.59. The molecule has 3 saturated heterocycles. The Balaban J connectivity index is 1.19. The Morgan fingerprint density at radius 2 is 1.83 bits per heavy atom. The highest BCUT2D eigenvalue weighted by Crippen LogP contribution is 2.42. The Labute approximate surface area is 282 Å². The van der Waals surface area contributed by atoms with Gasteiger partial charge in [-0.15, -0.1) is 0 Å². The van der Waals surface area contributed by atoms with Crippen LogP contribution in [-0.2, 0) is 20.9 Å². The predicted molar refractivity (Wildman–Crippen MR) is 189 cm³/mol. The molecule has 3 aromatic heterocycles. The normalized spacial score (nSPS) is 22.2. The minimum absolute atomic E-state index is 0.0716. The van der Waals surface area contributed by atoms with Crippen LogP contribution in [0.3, 0.4) is 0 Å². The van der Waals surface area contributed by atoms with Gasteiger partial charge >= 0.3 is 6.09 Å². The number of hydrogen-bond donors (Lipinski definition) is 1. The molecular formula is C34H46ClN7O4S. The monoisotopic (exact) mass is 683 g/mol. The zero-order valence-corrected chi connectivity index (χ0v) is 29.7. The lowest BCUT2D eigenvalue weighted by Gasteiger charge is -2.39. The maximum absolute atomic E-state index is 12.5. The van der Waals surface area contributed by atoms with Crippen molar-refractivity contribution in [3.8, 4) is 11.1 Å². The Bertz CT molecular complexity index is 1780. The third-order valence-corrected chi connectivity index (χ3v) is 11.1. The summed E-state index contributed by atoms with van der Waals surface area (Å²) in [6.45, 7) is 8.05. The quantitative estimate of drug-likeness (QED) is 0.203. The summed E-state index contributed by atoms with van der Waals surface area (Å²) in [7, 11) is -0.671. The molecule has 1 N–H and O–H groups in total. The van der Waals surface area contributed by atoms with Crippen LogP contribution in [0.2, 0.25) is 5.02 Å². The van der Waals surface area contributed by atoms with E-state index in [0.717, 1.165) is 70.4 Å².